The molecule has 3 saturated carbocycles. The van der Waals surface area contributed by atoms with E-state index in [1.807, 2.05) is 0 Å². The summed E-state index contributed by atoms with van der Waals surface area (Å²) in [4.78, 5) is 44.9. The first-order chi connectivity index (χ1) is 13.8. The van der Waals surface area contributed by atoms with Gasteiger partial charge < -0.3 is 25.1 Å². The first-order valence-electron chi connectivity index (χ1n) is 10.6. The molecule has 30 heavy (non-hydrogen) atoms. The summed E-state index contributed by atoms with van der Waals surface area (Å²) in [6.07, 6.45) is 2.21. The molecule has 9 heteroatoms. The lowest BCUT2D eigenvalue weighted by molar-refractivity contribution is -0.182. The predicted octanol–water partition coefficient (Wildman–Crippen LogP) is 0.938. The maximum absolute atomic E-state index is 12.4. The summed E-state index contributed by atoms with van der Waals surface area (Å²) in [5.74, 6) is -1.69. The highest BCUT2D eigenvalue weighted by Gasteiger charge is 2.70. The molecular formula is C21H31O8P. The summed E-state index contributed by atoms with van der Waals surface area (Å²) in [5.41, 5.74) is -4.18. The summed E-state index contributed by atoms with van der Waals surface area (Å²) in [6, 6.07) is 0. The number of Topliss-reactive ketones (excluding diaryl/α,β-unsaturated/α-hetero) is 1. The maximum atomic E-state index is 12.4. The topological polar surface area (TPSA) is 152 Å². The number of fused-ring (bicyclic) bond motifs is 5. The second-order valence-electron chi connectivity index (χ2n) is 10.2. The van der Waals surface area contributed by atoms with E-state index in [4.69, 9.17) is 0 Å². The van der Waals surface area contributed by atoms with Gasteiger partial charge >= 0.3 is 7.60 Å². The molecule has 0 bridgehead atoms. The van der Waals surface area contributed by atoms with Crippen LogP contribution in [0.3, 0.4) is 0 Å². The molecule has 4 aliphatic rings. The summed E-state index contributed by atoms with van der Waals surface area (Å²) in [5, 5.41) is 32.0. The van der Waals surface area contributed by atoms with Crippen molar-refractivity contribution in [2.24, 2.45) is 28.6 Å². The molecule has 8 atom stereocenters. The Morgan fingerprint density at radius 3 is 2.53 bits per heavy atom. The van der Waals surface area contributed by atoms with Crippen molar-refractivity contribution in [2.45, 2.75) is 69.7 Å². The lowest BCUT2D eigenvalue weighted by Gasteiger charge is -2.61. The Bertz CT molecular complexity index is 863. The Hall–Kier alpha value is -0.890. The summed E-state index contributed by atoms with van der Waals surface area (Å²) in [7, 11) is -4.62. The zero-order chi connectivity index (χ0) is 22.3. The van der Waals surface area contributed by atoms with Crippen LogP contribution in [0.25, 0.3) is 0 Å². The molecule has 3 fully saturated rings. The summed E-state index contributed by atoms with van der Waals surface area (Å²) in [6.45, 7) is 2.78. The van der Waals surface area contributed by atoms with Crippen LogP contribution in [-0.2, 0) is 14.2 Å². The van der Waals surface area contributed by atoms with E-state index >= 15 is 0 Å². The van der Waals surface area contributed by atoms with E-state index in [-0.39, 0.29) is 36.9 Å². The van der Waals surface area contributed by atoms with E-state index in [0.29, 0.717) is 24.8 Å². The van der Waals surface area contributed by atoms with E-state index in [1.54, 1.807) is 13.8 Å². The predicted molar refractivity (Wildman–Crippen MR) is 106 cm³/mol. The van der Waals surface area contributed by atoms with E-state index in [9.17, 15) is 39.3 Å². The van der Waals surface area contributed by atoms with Gasteiger partial charge in [0.15, 0.2) is 11.6 Å². The number of carbonyl (C=O) groups excluding carboxylic acids is 2. The molecule has 0 aromatic heterocycles. The van der Waals surface area contributed by atoms with Gasteiger partial charge in [-0.15, -0.1) is 0 Å². The van der Waals surface area contributed by atoms with Crippen LogP contribution in [0.1, 0.15) is 52.4 Å². The zero-order valence-corrected chi connectivity index (χ0v) is 18.2. The van der Waals surface area contributed by atoms with Crippen LogP contribution in [0.5, 0.6) is 0 Å². The second-order valence-corrected chi connectivity index (χ2v) is 12.0. The van der Waals surface area contributed by atoms with Gasteiger partial charge in [0.1, 0.15) is 12.2 Å². The van der Waals surface area contributed by atoms with E-state index in [0.717, 1.165) is 0 Å². The molecule has 1 unspecified atom stereocenters. The molecule has 4 aliphatic carbocycles. The van der Waals surface area contributed by atoms with E-state index in [2.05, 4.69) is 0 Å². The van der Waals surface area contributed by atoms with Gasteiger partial charge in [0.05, 0.1) is 11.8 Å². The highest BCUT2D eigenvalue weighted by atomic mass is 31.2. The molecule has 0 radical (unpaired) electrons. The average Bonchev–Trinajstić information content (AvgIpc) is 2.91. The van der Waals surface area contributed by atoms with E-state index in [1.165, 1.54) is 6.08 Å². The van der Waals surface area contributed by atoms with E-state index < -0.39 is 54.1 Å². The van der Waals surface area contributed by atoms with Crippen molar-refractivity contribution in [3.8, 4) is 0 Å². The minimum atomic E-state index is -4.62. The lowest BCUT2D eigenvalue weighted by Crippen LogP contribution is -2.63. The third-order valence-corrected chi connectivity index (χ3v) is 10.7. The normalized spacial score (nSPS) is 48.4. The molecule has 168 valence electrons. The van der Waals surface area contributed by atoms with Crippen molar-refractivity contribution in [1.82, 2.24) is 0 Å². The summed E-state index contributed by atoms with van der Waals surface area (Å²) < 4.78 is 12.4. The fourth-order valence-corrected chi connectivity index (χ4v) is 9.24. The molecule has 0 aromatic rings. The van der Waals surface area contributed by atoms with Crippen molar-refractivity contribution in [1.29, 1.82) is 0 Å². The largest absolute Gasteiger partial charge is 0.393 e. The molecule has 0 aliphatic heterocycles. The number of aliphatic hydroxyl groups excluding tert-OH is 2. The van der Waals surface area contributed by atoms with Gasteiger partial charge in [-0.05, 0) is 55.9 Å². The van der Waals surface area contributed by atoms with Crippen LogP contribution in [0.4, 0.5) is 0 Å². The van der Waals surface area contributed by atoms with Crippen LogP contribution in [-0.4, -0.2) is 60.6 Å². The molecule has 0 aromatic carbocycles. The number of ketones is 2. The molecule has 8 nitrogen and oxygen atoms in total. The number of allylic oxidation sites excluding steroid dienone is 1. The maximum Gasteiger partial charge on any atom is 0.329 e. The molecule has 0 heterocycles. The lowest BCUT2D eigenvalue weighted by atomic mass is 9.45. The summed E-state index contributed by atoms with van der Waals surface area (Å²) >= 11 is 0. The first-order valence-corrected chi connectivity index (χ1v) is 12.3. The van der Waals surface area contributed by atoms with Crippen molar-refractivity contribution >= 4 is 19.2 Å². The fourth-order valence-electron chi connectivity index (χ4n) is 7.79. The smallest absolute Gasteiger partial charge is 0.329 e. The number of aliphatic hydroxyl groups is 3. The van der Waals surface area contributed by atoms with Crippen molar-refractivity contribution < 1.29 is 39.3 Å². The van der Waals surface area contributed by atoms with Gasteiger partial charge in [-0.25, -0.2) is 0 Å². The minimum Gasteiger partial charge on any atom is -0.393 e. The fraction of sp³-hybridized carbons (Fsp3) is 0.810. The van der Waals surface area contributed by atoms with Gasteiger partial charge in [-0.2, -0.15) is 0 Å². The van der Waals surface area contributed by atoms with Crippen molar-refractivity contribution in [3.63, 3.8) is 0 Å². The molecular weight excluding hydrogens is 411 g/mol. The monoisotopic (exact) mass is 442 g/mol. The van der Waals surface area contributed by atoms with Crippen LogP contribution < -0.4 is 0 Å². The molecule has 0 spiro atoms. The average molecular weight is 442 g/mol. The Kier molecular flexibility index (Phi) is 5.06. The van der Waals surface area contributed by atoms with Crippen LogP contribution in [0.15, 0.2) is 11.6 Å². The SMILES string of the molecule is C[C@]12C[C@H](O)[C@H]3[C@@H](CCC4=CC(=O)CC(P(=O)(O)O)[C@@]43C)[C@@H]1CC[C@]2(O)C(=O)CO. The van der Waals surface area contributed by atoms with Gasteiger partial charge in [-0.1, -0.05) is 19.4 Å². The zero-order valence-electron chi connectivity index (χ0n) is 17.3. The molecule has 5 N–H and O–H groups in total. The van der Waals surface area contributed by atoms with Gasteiger partial charge in [-0.3, -0.25) is 14.2 Å². The first kappa shape index (κ1) is 22.3. The number of hydrogen-bond donors (Lipinski definition) is 5. The Morgan fingerprint density at radius 2 is 1.93 bits per heavy atom. The third kappa shape index (κ3) is 2.74. The van der Waals surface area contributed by atoms with Crippen molar-refractivity contribution in [2.75, 3.05) is 6.61 Å². The second kappa shape index (κ2) is 6.80. The standard InChI is InChI=1S/C21H31O8P/c1-19-9-15(24)18-13(14(19)5-6-21(19,26)16(25)10-22)4-3-11-7-12(23)8-17(20(11,18)2)30(27,28)29/h7,13-15,17-18,22,24,26H,3-6,8-10H2,1-2H3,(H2,27,28,29)/t13-,14-,15-,17?,18+,19-,20+,21-/m0/s1. The Balaban J connectivity index is 1.81. The Labute approximate surface area is 175 Å². The van der Waals surface area contributed by atoms with Gasteiger partial charge in [0.2, 0.25) is 0 Å². The van der Waals surface area contributed by atoms with Crippen LogP contribution >= 0.6 is 7.60 Å². The number of hydrogen-bond acceptors (Lipinski definition) is 6. The third-order valence-electron chi connectivity index (χ3n) is 9.17. The Morgan fingerprint density at radius 1 is 1.27 bits per heavy atom. The highest BCUT2D eigenvalue weighted by Crippen LogP contribution is 2.70. The quantitative estimate of drug-likeness (QED) is 0.405. The minimum absolute atomic E-state index is 0.103. The highest BCUT2D eigenvalue weighted by molar-refractivity contribution is 7.52. The van der Waals surface area contributed by atoms with Crippen LogP contribution in [0.2, 0.25) is 0 Å². The molecule has 4 rings (SSSR count). The number of carbonyl (C=O) groups is 2. The van der Waals surface area contributed by atoms with Crippen molar-refractivity contribution in [3.05, 3.63) is 11.6 Å². The van der Waals surface area contributed by atoms with Crippen LogP contribution in [0, 0.1) is 28.6 Å². The molecule has 0 saturated heterocycles. The number of rotatable bonds is 3. The van der Waals surface area contributed by atoms with Gasteiger partial charge in [0.25, 0.3) is 0 Å². The molecule has 0 amide bonds. The van der Waals surface area contributed by atoms with Gasteiger partial charge in [0, 0.05) is 17.3 Å².